The zero-order chi connectivity index (χ0) is 41.5. The van der Waals surface area contributed by atoms with Gasteiger partial charge < -0.3 is 0 Å². The van der Waals surface area contributed by atoms with Gasteiger partial charge in [0.05, 0.1) is 9.52 Å². The van der Waals surface area contributed by atoms with Crippen LogP contribution in [0.2, 0.25) is 0 Å². The number of benzene rings is 6. The van der Waals surface area contributed by atoms with Crippen LogP contribution < -0.4 is 10.4 Å². The van der Waals surface area contributed by atoms with Gasteiger partial charge in [-0.15, -0.1) is 74.6 Å². The third kappa shape index (κ3) is 10.4. The van der Waals surface area contributed by atoms with E-state index in [1.165, 1.54) is 100 Å². The predicted octanol–water partition coefficient (Wildman–Crippen LogP) is 15.0. The van der Waals surface area contributed by atoms with Crippen LogP contribution in [0.1, 0.15) is 102 Å². The maximum atomic E-state index is 3.31. The van der Waals surface area contributed by atoms with Crippen molar-refractivity contribution in [3.05, 3.63) is 180 Å². The minimum atomic E-state index is 0. The summed E-state index contributed by atoms with van der Waals surface area (Å²) in [7, 11) is 0.795. The molecule has 0 saturated carbocycles. The molecular weight excluding hydrogens is 903 g/mol. The largest absolute Gasteiger partial charge is 0.184 e. The summed E-state index contributed by atoms with van der Waals surface area (Å²) in [5, 5.41) is 8.37. The van der Waals surface area contributed by atoms with Gasteiger partial charge in [0.15, 0.2) is 0 Å². The molecule has 0 fully saturated rings. The van der Waals surface area contributed by atoms with E-state index in [9.17, 15) is 0 Å². The van der Waals surface area contributed by atoms with Gasteiger partial charge in [-0.2, -0.15) is 41.6 Å². The smallest absolute Gasteiger partial charge is 0.0920 e. The first kappa shape index (κ1) is 45.2. The van der Waals surface area contributed by atoms with Gasteiger partial charge in [-0.3, -0.25) is 0 Å². The Morgan fingerprint density at radius 1 is 0.483 bits per heavy atom. The van der Waals surface area contributed by atoms with Crippen molar-refractivity contribution in [1.82, 2.24) is 0 Å². The molecule has 1 aliphatic rings. The topological polar surface area (TPSA) is 0 Å². The van der Waals surface area contributed by atoms with Crippen molar-refractivity contribution in [3.8, 4) is 33.4 Å². The van der Waals surface area contributed by atoms with E-state index in [0.717, 1.165) is 22.4 Å². The number of hydrogen-bond acceptors (Lipinski definition) is 0. The van der Waals surface area contributed by atoms with Crippen molar-refractivity contribution in [2.45, 2.75) is 92.9 Å². The summed E-state index contributed by atoms with van der Waals surface area (Å²) in [6.45, 7) is 18.3. The van der Waals surface area contributed by atoms with E-state index in [0.29, 0.717) is 23.7 Å². The third-order valence-electron chi connectivity index (χ3n) is 12.1. The van der Waals surface area contributed by atoms with E-state index in [4.69, 9.17) is 0 Å². The van der Waals surface area contributed by atoms with E-state index in [1.807, 2.05) is 6.07 Å². The Bertz CT molecular complexity index is 2430. The molecule has 8 aromatic carbocycles. The molecule has 8 aromatic rings. The second-order valence-corrected chi connectivity index (χ2v) is 18.7. The number of fused-ring (bicyclic) bond motifs is 5. The molecule has 0 nitrogen and oxygen atoms in total. The predicted molar refractivity (Wildman–Crippen MR) is 260 cm³/mol. The molecule has 2 radical (unpaired) electrons. The van der Waals surface area contributed by atoms with Crippen molar-refractivity contribution in [2.75, 3.05) is 0 Å². The van der Waals surface area contributed by atoms with Gasteiger partial charge in [-0.25, -0.2) is 0 Å². The summed E-state index contributed by atoms with van der Waals surface area (Å²) in [6, 6.07) is 59.0. The molecule has 0 aliphatic carbocycles. The van der Waals surface area contributed by atoms with Gasteiger partial charge in [0.1, 0.15) is 0 Å². The Morgan fingerprint density at radius 3 is 1.40 bits per heavy atom. The van der Waals surface area contributed by atoms with Crippen LogP contribution in [-0.4, -0.2) is 9.52 Å². The van der Waals surface area contributed by atoms with Crippen molar-refractivity contribution < 1.29 is 25.8 Å². The Hall–Kier alpha value is -4.37. The molecule has 0 saturated heterocycles. The molecular formula is C58H61HfSi-3. The first-order chi connectivity index (χ1) is 28.6. The van der Waals surface area contributed by atoms with E-state index >= 15 is 0 Å². The van der Waals surface area contributed by atoms with E-state index in [2.05, 4.69) is 207 Å². The van der Waals surface area contributed by atoms with Crippen molar-refractivity contribution in [2.24, 2.45) is 11.8 Å². The maximum Gasteiger partial charge on any atom is 0.0920 e. The monoisotopic (exact) mass is 965 g/mol. The fraction of sp³-hybridized carbons (Fsp3) is 0.276. The molecule has 1 aliphatic heterocycles. The molecule has 2 atom stereocenters. The normalized spacial score (nSPS) is 12.6. The minimum absolute atomic E-state index is 0. The third-order valence-corrected chi connectivity index (χ3v) is 13.5. The summed E-state index contributed by atoms with van der Waals surface area (Å²) >= 11 is 0. The summed E-state index contributed by atoms with van der Waals surface area (Å²) in [5.74, 6) is 2.60. The van der Waals surface area contributed by atoms with Crippen LogP contribution in [0.25, 0.3) is 54.9 Å². The standard InChI is InChI=1S/2C23H27.C12H7Si.Hf/c2*1-5-17(4)20-14-19-10-8-12-22(23(19)15-20)21-11-7-6-9-18(21)13-16(2)3;1-3-7-11-9(5-1)10-6-2-4-8-12(10)13-11;/h2*6-12,14-17H,5,13H2,1-4H3;1-7H;/q3*-1;. The Morgan fingerprint density at radius 2 is 0.917 bits per heavy atom. The summed E-state index contributed by atoms with van der Waals surface area (Å²) < 4.78 is 0. The van der Waals surface area contributed by atoms with Gasteiger partial charge in [0, 0.05) is 25.8 Å². The molecule has 304 valence electrons. The Labute approximate surface area is 382 Å². The average molecular weight is 965 g/mol. The molecule has 9 rings (SSSR count). The van der Waals surface area contributed by atoms with Gasteiger partial charge in [-0.05, 0) is 58.8 Å². The second kappa shape index (κ2) is 20.9. The molecule has 0 N–H and O–H groups in total. The molecule has 2 heteroatoms. The van der Waals surface area contributed by atoms with E-state index < -0.39 is 0 Å². The maximum absolute atomic E-state index is 3.31. The van der Waals surface area contributed by atoms with Crippen LogP contribution in [0.3, 0.4) is 0 Å². The SMILES string of the molecule is CCC(C)c1cc2c(-c3ccccc3CC(C)C)cccc2[cH-]1.CCC(C)c1cc2c(-c3ccccc3CC(C)C)cccc2[cH-]1.[Hf].[c-]1cccc2c1[Si]c1ccccc1-2. The summed E-state index contributed by atoms with van der Waals surface area (Å²) in [5.41, 5.74) is 14.2. The zero-order valence-corrected chi connectivity index (χ0v) is 41.7. The summed E-state index contributed by atoms with van der Waals surface area (Å²) in [6.07, 6.45) is 4.64. The number of rotatable bonds is 10. The van der Waals surface area contributed by atoms with E-state index in [-0.39, 0.29) is 25.8 Å². The summed E-state index contributed by atoms with van der Waals surface area (Å²) in [4.78, 5) is 0. The van der Waals surface area contributed by atoms with Crippen molar-refractivity contribution in [1.29, 1.82) is 0 Å². The first-order valence-corrected chi connectivity index (χ1v) is 23.1. The Balaban J connectivity index is 0.000000155. The molecule has 0 aromatic heterocycles. The van der Waals surface area contributed by atoms with Crippen LogP contribution >= 0.6 is 0 Å². The van der Waals surface area contributed by atoms with Gasteiger partial charge in [-0.1, -0.05) is 175 Å². The van der Waals surface area contributed by atoms with Gasteiger partial charge in [0.25, 0.3) is 0 Å². The minimum Gasteiger partial charge on any atom is -0.184 e. The van der Waals surface area contributed by atoms with Crippen molar-refractivity contribution >= 4 is 41.4 Å². The molecule has 0 amide bonds. The quantitative estimate of drug-likeness (QED) is 0.0946. The zero-order valence-electron chi connectivity index (χ0n) is 37.1. The molecule has 1 heterocycles. The second-order valence-electron chi connectivity index (χ2n) is 17.5. The van der Waals surface area contributed by atoms with Crippen molar-refractivity contribution in [3.63, 3.8) is 0 Å². The number of hydrogen-bond donors (Lipinski definition) is 0. The molecule has 0 spiro atoms. The van der Waals surface area contributed by atoms with Crippen LogP contribution in [0.15, 0.2) is 152 Å². The fourth-order valence-electron chi connectivity index (χ4n) is 8.55. The van der Waals surface area contributed by atoms with Crippen LogP contribution in [0.5, 0.6) is 0 Å². The van der Waals surface area contributed by atoms with Gasteiger partial charge >= 0.3 is 0 Å². The van der Waals surface area contributed by atoms with Gasteiger partial charge in [0.2, 0.25) is 0 Å². The molecule has 0 bridgehead atoms. The van der Waals surface area contributed by atoms with Crippen LogP contribution in [-0.2, 0) is 38.7 Å². The fourth-order valence-corrected chi connectivity index (χ4v) is 9.86. The van der Waals surface area contributed by atoms with E-state index in [1.54, 1.807) is 0 Å². The Kier molecular flexibility index (Phi) is 15.8. The average Bonchev–Trinajstić information content (AvgIpc) is 3.99. The van der Waals surface area contributed by atoms with Crippen LogP contribution in [0.4, 0.5) is 0 Å². The first-order valence-electron chi connectivity index (χ1n) is 22.1. The molecule has 60 heavy (non-hydrogen) atoms. The molecule has 2 unspecified atom stereocenters. The van der Waals surface area contributed by atoms with Crippen LogP contribution in [0, 0.1) is 17.9 Å².